The zero-order valence-corrected chi connectivity index (χ0v) is 14.8. The van der Waals surface area contributed by atoms with Crippen LogP contribution in [0.1, 0.15) is 93.6 Å². The molecule has 0 saturated carbocycles. The summed E-state index contributed by atoms with van der Waals surface area (Å²) in [6.07, 6.45) is 18.5. The van der Waals surface area contributed by atoms with Crippen molar-refractivity contribution in [2.24, 2.45) is 0 Å². The Kier molecular flexibility index (Phi) is 12.0. The molecule has 1 rings (SSSR count). The van der Waals surface area contributed by atoms with Crippen LogP contribution in [0.3, 0.4) is 0 Å². The van der Waals surface area contributed by atoms with E-state index in [9.17, 15) is 4.79 Å². The van der Waals surface area contributed by atoms with Crippen LogP contribution in [0.4, 0.5) is 0 Å². The normalized spacial score (nSPS) is 10.8. The Morgan fingerprint density at radius 3 is 2.00 bits per heavy atom. The van der Waals surface area contributed by atoms with Crippen LogP contribution in [-0.2, 0) is 0 Å². The van der Waals surface area contributed by atoms with Gasteiger partial charge in [-0.1, -0.05) is 88.9 Å². The molecule has 1 heterocycles. The van der Waals surface area contributed by atoms with Gasteiger partial charge in [-0.05, 0) is 6.42 Å². The second kappa shape index (κ2) is 13.7. The molecule has 0 bridgehead atoms. The van der Waals surface area contributed by atoms with Crippen molar-refractivity contribution in [3.63, 3.8) is 0 Å². The fraction of sp³-hybridized carbons (Fsp3) is 0.778. The lowest BCUT2D eigenvalue weighted by molar-refractivity contribution is 0.112. The molecule has 0 aliphatic rings. The van der Waals surface area contributed by atoms with Crippen LogP contribution in [0.5, 0.6) is 5.19 Å². The first kappa shape index (κ1) is 19.1. The van der Waals surface area contributed by atoms with Crippen LogP contribution in [-0.4, -0.2) is 17.9 Å². The van der Waals surface area contributed by atoms with Crippen molar-refractivity contribution in [3.05, 3.63) is 11.1 Å². The highest BCUT2D eigenvalue weighted by atomic mass is 32.1. The Balaban J connectivity index is 1.79. The van der Waals surface area contributed by atoms with Crippen LogP contribution in [0.25, 0.3) is 0 Å². The first-order chi connectivity index (χ1) is 10.9. The molecule has 0 N–H and O–H groups in total. The number of rotatable bonds is 15. The first-order valence-electron chi connectivity index (χ1n) is 8.90. The molecule has 0 radical (unpaired) electrons. The molecule has 0 aromatic carbocycles. The summed E-state index contributed by atoms with van der Waals surface area (Å²) in [4.78, 5) is 15.2. The van der Waals surface area contributed by atoms with Gasteiger partial charge >= 0.3 is 0 Å². The van der Waals surface area contributed by atoms with Crippen molar-refractivity contribution in [2.45, 2.75) is 84.0 Å². The van der Waals surface area contributed by atoms with Crippen LogP contribution in [0.15, 0.2) is 6.20 Å². The molecule has 1 aromatic rings. The van der Waals surface area contributed by atoms with Crippen molar-refractivity contribution < 1.29 is 9.53 Å². The van der Waals surface area contributed by atoms with Gasteiger partial charge in [0.25, 0.3) is 5.19 Å². The molecule has 0 fully saturated rings. The van der Waals surface area contributed by atoms with Gasteiger partial charge in [0.15, 0.2) is 6.29 Å². The number of unbranched alkanes of at least 4 members (excludes halogenated alkanes) is 11. The number of nitrogens with zero attached hydrogens (tertiary/aromatic N) is 1. The number of hydrogen-bond acceptors (Lipinski definition) is 4. The van der Waals surface area contributed by atoms with E-state index in [1.807, 2.05) is 0 Å². The van der Waals surface area contributed by atoms with Crippen molar-refractivity contribution in [3.8, 4) is 5.19 Å². The van der Waals surface area contributed by atoms with Gasteiger partial charge in [0.05, 0.1) is 17.7 Å². The van der Waals surface area contributed by atoms with E-state index in [2.05, 4.69) is 11.9 Å². The fourth-order valence-corrected chi connectivity index (χ4v) is 3.10. The van der Waals surface area contributed by atoms with E-state index in [4.69, 9.17) is 4.74 Å². The van der Waals surface area contributed by atoms with Crippen molar-refractivity contribution in [1.82, 2.24) is 4.98 Å². The third kappa shape index (κ3) is 9.93. The number of carbonyl (C=O) groups excluding carboxylic acids is 1. The van der Waals surface area contributed by atoms with Gasteiger partial charge in [-0.3, -0.25) is 4.79 Å². The second-order valence-electron chi connectivity index (χ2n) is 5.88. The molecule has 0 spiro atoms. The Bertz CT molecular complexity index is 379. The minimum Gasteiger partial charge on any atom is -0.470 e. The highest BCUT2D eigenvalue weighted by molar-refractivity contribution is 7.15. The standard InChI is InChI=1S/C18H31NO2S/c1-2-3-4-5-6-7-8-9-10-11-12-13-14-21-18-19-15-17(16-20)22-18/h15-16H,2-14H2,1H3. The molecule has 1 aromatic heterocycles. The summed E-state index contributed by atoms with van der Waals surface area (Å²) < 4.78 is 5.53. The van der Waals surface area contributed by atoms with E-state index < -0.39 is 0 Å². The highest BCUT2D eigenvalue weighted by Gasteiger charge is 2.01. The SMILES string of the molecule is CCCCCCCCCCCCCCOc1ncc(C=O)s1. The number of ether oxygens (including phenoxy) is 1. The number of carbonyl (C=O) groups is 1. The quantitative estimate of drug-likeness (QED) is 0.292. The molecule has 4 heteroatoms. The smallest absolute Gasteiger partial charge is 0.273 e. The average Bonchev–Trinajstić information content (AvgIpc) is 3.00. The highest BCUT2D eigenvalue weighted by Crippen LogP contribution is 2.19. The van der Waals surface area contributed by atoms with Crippen LogP contribution in [0.2, 0.25) is 0 Å². The summed E-state index contributed by atoms with van der Waals surface area (Å²) in [7, 11) is 0. The van der Waals surface area contributed by atoms with E-state index in [1.54, 1.807) is 6.20 Å². The number of thiazole rings is 1. The third-order valence-corrected chi connectivity index (χ3v) is 4.68. The Labute approximate surface area is 139 Å². The summed E-state index contributed by atoms with van der Waals surface area (Å²) in [6.45, 7) is 2.98. The maximum atomic E-state index is 10.5. The molecule has 0 aliphatic heterocycles. The summed E-state index contributed by atoms with van der Waals surface area (Å²) in [5, 5.41) is 0.616. The number of aromatic nitrogens is 1. The van der Waals surface area contributed by atoms with Gasteiger partial charge in [0, 0.05) is 0 Å². The maximum absolute atomic E-state index is 10.5. The molecule has 0 amide bonds. The van der Waals surface area contributed by atoms with Crippen molar-refractivity contribution in [2.75, 3.05) is 6.61 Å². The van der Waals surface area contributed by atoms with E-state index in [-0.39, 0.29) is 0 Å². The third-order valence-electron chi connectivity index (χ3n) is 3.84. The zero-order chi connectivity index (χ0) is 15.9. The molecule has 0 aliphatic carbocycles. The van der Waals surface area contributed by atoms with Crippen molar-refractivity contribution in [1.29, 1.82) is 0 Å². The lowest BCUT2D eigenvalue weighted by atomic mass is 10.1. The van der Waals surface area contributed by atoms with E-state index in [0.29, 0.717) is 16.7 Å². The van der Waals surface area contributed by atoms with E-state index >= 15 is 0 Å². The summed E-state index contributed by atoms with van der Waals surface area (Å²) in [6, 6.07) is 0. The lowest BCUT2D eigenvalue weighted by Gasteiger charge is -2.03. The molecule has 0 atom stereocenters. The Hall–Kier alpha value is -0.900. The molecule has 0 saturated heterocycles. The molecule has 22 heavy (non-hydrogen) atoms. The molecular weight excluding hydrogens is 294 g/mol. The van der Waals surface area contributed by atoms with E-state index in [0.717, 1.165) is 12.7 Å². The second-order valence-corrected chi connectivity index (χ2v) is 6.91. The van der Waals surface area contributed by atoms with Gasteiger partial charge in [0.2, 0.25) is 0 Å². The summed E-state index contributed by atoms with van der Waals surface area (Å²) >= 11 is 1.32. The number of aldehydes is 1. The molecular formula is C18H31NO2S. The predicted octanol–water partition coefficient (Wildman–Crippen LogP) is 6.04. The van der Waals surface area contributed by atoms with Crippen molar-refractivity contribution >= 4 is 17.6 Å². The maximum Gasteiger partial charge on any atom is 0.273 e. The average molecular weight is 326 g/mol. The minimum atomic E-state index is 0.616. The van der Waals surface area contributed by atoms with Gasteiger partial charge in [-0.15, -0.1) is 0 Å². The Morgan fingerprint density at radius 1 is 0.955 bits per heavy atom. The largest absolute Gasteiger partial charge is 0.470 e. The van der Waals surface area contributed by atoms with E-state index in [1.165, 1.54) is 82.0 Å². The molecule has 0 unspecified atom stereocenters. The Morgan fingerprint density at radius 2 is 1.50 bits per heavy atom. The zero-order valence-electron chi connectivity index (χ0n) is 14.0. The summed E-state index contributed by atoms with van der Waals surface area (Å²) in [5.41, 5.74) is 0. The minimum absolute atomic E-state index is 0.616. The fourth-order valence-electron chi connectivity index (χ4n) is 2.49. The topological polar surface area (TPSA) is 39.2 Å². The van der Waals surface area contributed by atoms with Gasteiger partial charge < -0.3 is 4.74 Å². The summed E-state index contributed by atoms with van der Waals surface area (Å²) in [5.74, 6) is 0. The van der Waals surface area contributed by atoms with Gasteiger partial charge in [0.1, 0.15) is 0 Å². The lowest BCUT2D eigenvalue weighted by Crippen LogP contribution is -1.96. The monoisotopic (exact) mass is 325 g/mol. The van der Waals surface area contributed by atoms with Crippen LogP contribution >= 0.6 is 11.3 Å². The van der Waals surface area contributed by atoms with Crippen LogP contribution < -0.4 is 4.74 Å². The van der Waals surface area contributed by atoms with Gasteiger partial charge in [-0.2, -0.15) is 0 Å². The van der Waals surface area contributed by atoms with Crippen LogP contribution in [0, 0.1) is 0 Å². The first-order valence-corrected chi connectivity index (χ1v) is 9.72. The molecule has 126 valence electrons. The molecule has 3 nitrogen and oxygen atoms in total. The number of hydrogen-bond donors (Lipinski definition) is 0. The van der Waals surface area contributed by atoms with Gasteiger partial charge in [-0.25, -0.2) is 4.98 Å². The predicted molar refractivity (Wildman–Crippen MR) is 94.1 cm³/mol.